The molecular weight excluding hydrogens is 281 g/mol. The summed E-state index contributed by atoms with van der Waals surface area (Å²) in [4.78, 5) is 0. The first-order chi connectivity index (χ1) is 8.15. The largest absolute Gasteiger partial charge is 0.379 e. The fourth-order valence-electron chi connectivity index (χ4n) is 1.63. The van der Waals surface area contributed by atoms with Crippen molar-refractivity contribution in [3.8, 4) is 0 Å². The Balaban J connectivity index is 2.08. The van der Waals surface area contributed by atoms with Crippen LogP contribution in [0.25, 0.3) is 0 Å². The Labute approximate surface area is 109 Å². The number of halogens is 2. The Kier molecular flexibility index (Phi) is 3.79. The average molecular weight is 294 g/mol. The van der Waals surface area contributed by atoms with Gasteiger partial charge in [0.15, 0.2) is 0 Å². The van der Waals surface area contributed by atoms with Gasteiger partial charge in [0, 0.05) is 16.2 Å². The summed E-state index contributed by atoms with van der Waals surface area (Å²) in [5, 5.41) is 3.32. The zero-order chi connectivity index (χ0) is 12.3. The van der Waals surface area contributed by atoms with Crippen molar-refractivity contribution in [3.63, 3.8) is 0 Å². The third kappa shape index (κ3) is 3.30. The smallest absolute Gasteiger partial charge is 0.123 e. The van der Waals surface area contributed by atoms with Crippen molar-refractivity contribution in [2.75, 3.05) is 5.32 Å². The van der Waals surface area contributed by atoms with Crippen LogP contribution in [0.15, 0.2) is 53.0 Å². The summed E-state index contributed by atoms with van der Waals surface area (Å²) in [5.41, 5.74) is 2.11. The van der Waals surface area contributed by atoms with Crippen LogP contribution in [0.3, 0.4) is 0 Å². The van der Waals surface area contributed by atoms with Gasteiger partial charge in [0.05, 0.1) is 0 Å². The van der Waals surface area contributed by atoms with Crippen molar-refractivity contribution in [3.05, 3.63) is 64.4 Å². The normalized spacial score (nSPS) is 12.2. The molecule has 0 aromatic heterocycles. The SMILES string of the molecule is CC(Nc1ccc(F)cc1)c1ccc(Br)cc1. The number of hydrogen-bond donors (Lipinski definition) is 1. The van der Waals surface area contributed by atoms with E-state index in [9.17, 15) is 4.39 Å². The third-order valence-corrected chi connectivity index (χ3v) is 3.13. The van der Waals surface area contributed by atoms with Crippen molar-refractivity contribution in [1.29, 1.82) is 0 Å². The van der Waals surface area contributed by atoms with E-state index in [1.165, 1.54) is 17.7 Å². The van der Waals surface area contributed by atoms with Gasteiger partial charge in [-0.25, -0.2) is 4.39 Å². The van der Waals surface area contributed by atoms with Gasteiger partial charge in [-0.15, -0.1) is 0 Å². The van der Waals surface area contributed by atoms with Gasteiger partial charge in [-0.2, -0.15) is 0 Å². The minimum absolute atomic E-state index is 0.188. The molecule has 0 aliphatic rings. The Bertz CT molecular complexity index is 479. The molecule has 1 N–H and O–H groups in total. The highest BCUT2D eigenvalue weighted by molar-refractivity contribution is 9.10. The second-order valence-corrected chi connectivity index (χ2v) is 4.84. The lowest BCUT2D eigenvalue weighted by Crippen LogP contribution is -2.06. The molecule has 0 saturated carbocycles. The van der Waals surface area contributed by atoms with Gasteiger partial charge in [0.1, 0.15) is 5.82 Å². The second-order valence-electron chi connectivity index (χ2n) is 3.92. The number of nitrogens with one attached hydrogen (secondary N) is 1. The zero-order valence-electron chi connectivity index (χ0n) is 9.45. The standard InChI is InChI=1S/C14H13BrFN/c1-10(11-2-4-12(15)5-3-11)17-14-8-6-13(16)7-9-14/h2-10,17H,1H3. The van der Waals surface area contributed by atoms with Crippen molar-refractivity contribution >= 4 is 21.6 Å². The molecule has 88 valence electrons. The summed E-state index contributed by atoms with van der Waals surface area (Å²) in [5.74, 6) is -0.216. The minimum Gasteiger partial charge on any atom is -0.379 e. The Hall–Kier alpha value is -1.35. The summed E-state index contributed by atoms with van der Waals surface area (Å²) in [6.45, 7) is 2.08. The summed E-state index contributed by atoms with van der Waals surface area (Å²) in [6.07, 6.45) is 0. The van der Waals surface area contributed by atoms with Gasteiger partial charge in [-0.3, -0.25) is 0 Å². The first-order valence-corrected chi connectivity index (χ1v) is 6.22. The lowest BCUT2D eigenvalue weighted by Gasteiger charge is -2.15. The summed E-state index contributed by atoms with van der Waals surface area (Å²) in [6, 6.07) is 14.7. The van der Waals surface area contributed by atoms with Crippen LogP contribution in [0, 0.1) is 5.82 Å². The van der Waals surface area contributed by atoms with Crippen molar-refractivity contribution < 1.29 is 4.39 Å². The van der Waals surface area contributed by atoms with E-state index in [0.29, 0.717) is 0 Å². The number of anilines is 1. The molecule has 1 atom stereocenters. The molecule has 0 radical (unpaired) electrons. The van der Waals surface area contributed by atoms with E-state index in [4.69, 9.17) is 0 Å². The molecule has 0 fully saturated rings. The summed E-state index contributed by atoms with van der Waals surface area (Å²) in [7, 11) is 0. The van der Waals surface area contributed by atoms with E-state index in [-0.39, 0.29) is 11.9 Å². The van der Waals surface area contributed by atoms with E-state index in [1.54, 1.807) is 12.1 Å². The number of hydrogen-bond acceptors (Lipinski definition) is 1. The molecule has 0 spiro atoms. The third-order valence-electron chi connectivity index (χ3n) is 2.60. The molecule has 2 rings (SSSR count). The van der Waals surface area contributed by atoms with E-state index in [0.717, 1.165) is 10.2 Å². The van der Waals surface area contributed by atoms with Gasteiger partial charge >= 0.3 is 0 Å². The first-order valence-electron chi connectivity index (χ1n) is 5.43. The Morgan fingerprint density at radius 2 is 1.59 bits per heavy atom. The maximum absolute atomic E-state index is 12.8. The Morgan fingerprint density at radius 1 is 1.00 bits per heavy atom. The Morgan fingerprint density at radius 3 is 2.18 bits per heavy atom. The van der Waals surface area contributed by atoms with Crippen LogP contribution in [-0.2, 0) is 0 Å². The molecule has 0 amide bonds. The highest BCUT2D eigenvalue weighted by Gasteiger charge is 2.04. The highest BCUT2D eigenvalue weighted by atomic mass is 79.9. The van der Waals surface area contributed by atoms with Gasteiger partial charge < -0.3 is 5.32 Å². The van der Waals surface area contributed by atoms with Crippen molar-refractivity contribution in [2.45, 2.75) is 13.0 Å². The molecule has 0 aliphatic carbocycles. The van der Waals surface area contributed by atoms with E-state index < -0.39 is 0 Å². The van der Waals surface area contributed by atoms with Gasteiger partial charge in [-0.05, 0) is 48.9 Å². The van der Waals surface area contributed by atoms with Crippen LogP contribution >= 0.6 is 15.9 Å². The molecule has 2 aromatic carbocycles. The van der Waals surface area contributed by atoms with Crippen LogP contribution in [0.4, 0.5) is 10.1 Å². The second kappa shape index (κ2) is 5.32. The van der Waals surface area contributed by atoms with Crippen LogP contribution in [-0.4, -0.2) is 0 Å². The predicted octanol–water partition coefficient (Wildman–Crippen LogP) is 4.76. The van der Waals surface area contributed by atoms with Crippen LogP contribution in [0.1, 0.15) is 18.5 Å². The lowest BCUT2D eigenvalue weighted by molar-refractivity contribution is 0.628. The minimum atomic E-state index is -0.216. The monoisotopic (exact) mass is 293 g/mol. The summed E-state index contributed by atoms with van der Waals surface area (Å²) >= 11 is 3.41. The van der Waals surface area contributed by atoms with Crippen molar-refractivity contribution in [1.82, 2.24) is 0 Å². The fourth-order valence-corrected chi connectivity index (χ4v) is 1.90. The van der Waals surface area contributed by atoms with Crippen molar-refractivity contribution in [2.24, 2.45) is 0 Å². The maximum atomic E-state index is 12.8. The number of rotatable bonds is 3. The zero-order valence-corrected chi connectivity index (χ0v) is 11.0. The topological polar surface area (TPSA) is 12.0 Å². The van der Waals surface area contributed by atoms with Crippen LogP contribution in [0.2, 0.25) is 0 Å². The molecule has 17 heavy (non-hydrogen) atoms. The molecule has 1 unspecified atom stereocenters. The molecule has 0 heterocycles. The molecule has 3 heteroatoms. The van der Waals surface area contributed by atoms with E-state index >= 15 is 0 Å². The van der Waals surface area contributed by atoms with Gasteiger partial charge in [0.2, 0.25) is 0 Å². The lowest BCUT2D eigenvalue weighted by atomic mass is 10.1. The van der Waals surface area contributed by atoms with Crippen LogP contribution < -0.4 is 5.32 Å². The molecule has 0 saturated heterocycles. The first kappa shape index (κ1) is 12.1. The van der Waals surface area contributed by atoms with E-state index in [2.05, 4.69) is 40.3 Å². The predicted molar refractivity (Wildman–Crippen MR) is 72.6 cm³/mol. The quantitative estimate of drug-likeness (QED) is 0.860. The van der Waals surface area contributed by atoms with Crippen LogP contribution in [0.5, 0.6) is 0 Å². The highest BCUT2D eigenvalue weighted by Crippen LogP contribution is 2.21. The van der Waals surface area contributed by atoms with Gasteiger partial charge in [-0.1, -0.05) is 28.1 Å². The summed E-state index contributed by atoms with van der Waals surface area (Å²) < 4.78 is 13.8. The molecule has 0 aliphatic heterocycles. The fraction of sp³-hybridized carbons (Fsp3) is 0.143. The van der Waals surface area contributed by atoms with Gasteiger partial charge in [0.25, 0.3) is 0 Å². The molecule has 0 bridgehead atoms. The molecular formula is C14H13BrFN. The van der Waals surface area contributed by atoms with E-state index in [1.807, 2.05) is 12.1 Å². The molecule has 2 aromatic rings. The average Bonchev–Trinajstić information content (AvgIpc) is 2.33. The number of benzene rings is 2. The molecule has 1 nitrogen and oxygen atoms in total. The maximum Gasteiger partial charge on any atom is 0.123 e.